The summed E-state index contributed by atoms with van der Waals surface area (Å²) in [6.07, 6.45) is 1.82. The Morgan fingerprint density at radius 3 is 2.32 bits per heavy atom. The number of fused-ring (bicyclic) bond motifs is 2. The van der Waals surface area contributed by atoms with Gasteiger partial charge in [-0.2, -0.15) is 0 Å². The third kappa shape index (κ3) is 4.20. The Morgan fingerprint density at radius 1 is 0.941 bits per heavy atom. The fourth-order valence-corrected chi connectivity index (χ4v) is 4.88. The van der Waals surface area contributed by atoms with E-state index in [1.54, 1.807) is 30.1 Å². The number of rotatable bonds is 6. The molecule has 2 heterocycles. The molecule has 0 radical (unpaired) electrons. The van der Waals surface area contributed by atoms with Crippen LogP contribution in [-0.4, -0.2) is 57.1 Å². The van der Waals surface area contributed by atoms with Crippen molar-refractivity contribution in [2.24, 2.45) is 0 Å². The van der Waals surface area contributed by atoms with Crippen molar-refractivity contribution in [3.8, 4) is 11.5 Å². The van der Waals surface area contributed by atoms with Gasteiger partial charge < -0.3 is 24.0 Å². The van der Waals surface area contributed by atoms with Gasteiger partial charge in [-0.15, -0.1) is 0 Å². The molecule has 0 saturated heterocycles. The number of esters is 1. The van der Waals surface area contributed by atoms with Crippen LogP contribution in [0.15, 0.2) is 30.3 Å². The highest BCUT2D eigenvalue weighted by molar-refractivity contribution is 5.99. The zero-order valence-corrected chi connectivity index (χ0v) is 20.1. The Kier molecular flexibility index (Phi) is 6.77. The standard InChI is InChI=1S/C26H30N2O6/c1-5-24(29)27-10-9-17-12-18(6-7-20(17)27)26(31)28-11-8-16-13-22(32-2)23(33-3)14-19(16)21(28)15-25(30)34-4/h6-7,12-14,21H,5,8-11,15H2,1-4H3. The Morgan fingerprint density at radius 2 is 1.65 bits per heavy atom. The lowest BCUT2D eigenvalue weighted by molar-refractivity contribution is -0.142. The first-order valence-corrected chi connectivity index (χ1v) is 11.5. The van der Waals surface area contributed by atoms with Gasteiger partial charge in [0.15, 0.2) is 11.5 Å². The van der Waals surface area contributed by atoms with Crippen LogP contribution < -0.4 is 14.4 Å². The van der Waals surface area contributed by atoms with Crippen molar-refractivity contribution < 1.29 is 28.6 Å². The van der Waals surface area contributed by atoms with E-state index in [1.165, 1.54) is 7.11 Å². The first kappa shape index (κ1) is 23.6. The van der Waals surface area contributed by atoms with Crippen molar-refractivity contribution in [1.29, 1.82) is 0 Å². The summed E-state index contributed by atoms with van der Waals surface area (Å²) in [5.74, 6) is 0.685. The zero-order chi connectivity index (χ0) is 24.4. The Labute approximate surface area is 199 Å². The van der Waals surface area contributed by atoms with Gasteiger partial charge >= 0.3 is 5.97 Å². The topological polar surface area (TPSA) is 85.4 Å². The van der Waals surface area contributed by atoms with Gasteiger partial charge in [-0.3, -0.25) is 14.4 Å². The highest BCUT2D eigenvalue weighted by Crippen LogP contribution is 2.40. The Bertz CT molecular complexity index is 1130. The predicted octanol–water partition coefficient (Wildman–Crippen LogP) is 3.31. The molecule has 2 aromatic rings. The van der Waals surface area contributed by atoms with Crippen LogP contribution in [0.2, 0.25) is 0 Å². The minimum Gasteiger partial charge on any atom is -0.493 e. The smallest absolute Gasteiger partial charge is 0.307 e. The predicted molar refractivity (Wildman–Crippen MR) is 126 cm³/mol. The molecule has 0 spiro atoms. The van der Waals surface area contributed by atoms with E-state index in [0.717, 1.165) is 22.4 Å². The van der Waals surface area contributed by atoms with E-state index in [-0.39, 0.29) is 18.2 Å². The molecule has 2 aliphatic heterocycles. The van der Waals surface area contributed by atoms with Crippen LogP contribution in [0.25, 0.3) is 0 Å². The van der Waals surface area contributed by atoms with Crippen LogP contribution in [0.3, 0.4) is 0 Å². The number of ether oxygens (including phenoxy) is 3. The summed E-state index contributed by atoms with van der Waals surface area (Å²) >= 11 is 0. The second-order valence-corrected chi connectivity index (χ2v) is 8.44. The SMILES string of the molecule is CCC(=O)N1CCc2cc(C(=O)N3CCc4cc(OC)c(OC)cc4C3CC(=O)OC)ccc21. The van der Waals surface area contributed by atoms with Crippen LogP contribution in [0, 0.1) is 0 Å². The van der Waals surface area contributed by atoms with Gasteiger partial charge in [-0.1, -0.05) is 6.92 Å². The van der Waals surface area contributed by atoms with Gasteiger partial charge in [0.2, 0.25) is 5.91 Å². The molecule has 0 aromatic heterocycles. The summed E-state index contributed by atoms with van der Waals surface area (Å²) in [7, 11) is 4.48. The second kappa shape index (κ2) is 9.75. The molecule has 180 valence electrons. The monoisotopic (exact) mass is 466 g/mol. The highest BCUT2D eigenvalue weighted by atomic mass is 16.5. The van der Waals surface area contributed by atoms with E-state index in [9.17, 15) is 14.4 Å². The van der Waals surface area contributed by atoms with Crippen molar-refractivity contribution in [1.82, 2.24) is 4.90 Å². The molecule has 2 amide bonds. The average molecular weight is 467 g/mol. The summed E-state index contributed by atoms with van der Waals surface area (Å²) in [4.78, 5) is 41.7. The molecule has 8 nitrogen and oxygen atoms in total. The van der Waals surface area contributed by atoms with E-state index in [1.807, 2.05) is 31.2 Å². The first-order chi connectivity index (χ1) is 16.4. The van der Waals surface area contributed by atoms with Crippen LogP contribution in [0.4, 0.5) is 5.69 Å². The van der Waals surface area contributed by atoms with Gasteiger partial charge in [-0.25, -0.2) is 0 Å². The summed E-state index contributed by atoms with van der Waals surface area (Å²) in [5, 5.41) is 0. The maximum Gasteiger partial charge on any atom is 0.307 e. The Balaban J connectivity index is 1.69. The van der Waals surface area contributed by atoms with Gasteiger partial charge in [0.05, 0.1) is 33.8 Å². The maximum atomic E-state index is 13.7. The number of carbonyl (C=O) groups is 3. The van der Waals surface area contributed by atoms with Gasteiger partial charge in [-0.05, 0) is 59.9 Å². The molecule has 2 aromatic carbocycles. The number of hydrogen-bond acceptors (Lipinski definition) is 6. The van der Waals surface area contributed by atoms with Crippen molar-refractivity contribution in [2.75, 3.05) is 39.3 Å². The van der Waals surface area contributed by atoms with Gasteiger partial charge in [0.1, 0.15) is 0 Å². The lowest BCUT2D eigenvalue weighted by atomic mass is 9.89. The number of anilines is 1. The number of benzene rings is 2. The number of hydrogen-bond donors (Lipinski definition) is 0. The molecule has 2 aliphatic rings. The molecule has 0 N–H and O–H groups in total. The summed E-state index contributed by atoms with van der Waals surface area (Å²) < 4.78 is 15.8. The molecule has 34 heavy (non-hydrogen) atoms. The summed E-state index contributed by atoms with van der Waals surface area (Å²) in [5.41, 5.74) is 4.27. The van der Waals surface area contributed by atoms with Crippen molar-refractivity contribution >= 4 is 23.5 Å². The van der Waals surface area contributed by atoms with Crippen LogP contribution >= 0.6 is 0 Å². The summed E-state index contributed by atoms with van der Waals surface area (Å²) in [6.45, 7) is 2.93. The quantitative estimate of drug-likeness (QED) is 0.608. The average Bonchev–Trinajstić information content (AvgIpc) is 3.30. The third-order valence-electron chi connectivity index (χ3n) is 6.68. The highest BCUT2D eigenvalue weighted by Gasteiger charge is 2.35. The number of methoxy groups -OCH3 is 3. The zero-order valence-electron chi connectivity index (χ0n) is 20.1. The van der Waals surface area contributed by atoms with Gasteiger partial charge in [0.25, 0.3) is 5.91 Å². The molecule has 0 saturated carbocycles. The number of carbonyl (C=O) groups excluding carboxylic acids is 3. The van der Waals surface area contributed by atoms with E-state index in [0.29, 0.717) is 49.4 Å². The molecular weight excluding hydrogens is 436 g/mol. The molecule has 8 heteroatoms. The minimum absolute atomic E-state index is 0.0362. The first-order valence-electron chi connectivity index (χ1n) is 11.5. The van der Waals surface area contributed by atoms with Crippen molar-refractivity contribution in [3.05, 3.63) is 52.6 Å². The Hall–Kier alpha value is -3.55. The van der Waals surface area contributed by atoms with E-state index < -0.39 is 12.0 Å². The molecule has 1 atom stereocenters. The van der Waals surface area contributed by atoms with Crippen LogP contribution in [0.5, 0.6) is 11.5 Å². The maximum absolute atomic E-state index is 13.7. The molecule has 0 bridgehead atoms. The molecular formula is C26H30N2O6. The van der Waals surface area contributed by atoms with Crippen LogP contribution in [0.1, 0.15) is 52.9 Å². The molecule has 0 fully saturated rings. The van der Waals surface area contributed by atoms with Crippen LogP contribution in [-0.2, 0) is 27.2 Å². The summed E-state index contributed by atoms with van der Waals surface area (Å²) in [6, 6.07) is 8.76. The normalized spacial score (nSPS) is 16.5. The van der Waals surface area contributed by atoms with Crippen molar-refractivity contribution in [2.45, 2.75) is 38.6 Å². The largest absolute Gasteiger partial charge is 0.493 e. The molecule has 1 unspecified atom stereocenters. The van der Waals surface area contributed by atoms with Gasteiger partial charge in [0, 0.05) is 30.8 Å². The number of nitrogens with zero attached hydrogens (tertiary/aromatic N) is 2. The minimum atomic E-state index is -0.491. The fraction of sp³-hybridized carbons (Fsp3) is 0.423. The lowest BCUT2D eigenvalue weighted by Crippen LogP contribution is -2.41. The number of amides is 2. The molecule has 0 aliphatic carbocycles. The van der Waals surface area contributed by atoms with E-state index in [4.69, 9.17) is 14.2 Å². The second-order valence-electron chi connectivity index (χ2n) is 8.44. The van der Waals surface area contributed by atoms with Crippen molar-refractivity contribution in [3.63, 3.8) is 0 Å². The third-order valence-corrected chi connectivity index (χ3v) is 6.68. The van der Waals surface area contributed by atoms with E-state index >= 15 is 0 Å². The molecule has 4 rings (SSSR count). The van der Waals surface area contributed by atoms with E-state index in [2.05, 4.69) is 0 Å². The fourth-order valence-electron chi connectivity index (χ4n) is 4.88. The lowest BCUT2D eigenvalue weighted by Gasteiger charge is -2.37.